The number of ketones is 1. The molecule has 1 saturated heterocycles. The average molecular weight is 401 g/mol. The second-order valence-electron chi connectivity index (χ2n) is 8.65. The summed E-state index contributed by atoms with van der Waals surface area (Å²) < 4.78 is 5.60. The lowest BCUT2D eigenvalue weighted by Crippen LogP contribution is -2.30. The van der Waals surface area contributed by atoms with Gasteiger partial charge in [0.05, 0.1) is 12.2 Å². The van der Waals surface area contributed by atoms with E-state index in [2.05, 4.69) is 37.8 Å². The van der Waals surface area contributed by atoms with Gasteiger partial charge in [0.15, 0.2) is 5.78 Å². The first kappa shape index (κ1) is 21.7. The number of Topliss-reactive ketones (excluding diaryl/α,β-unsaturated/α-hetero) is 1. The Morgan fingerprint density at radius 3 is 2.62 bits per heavy atom. The molecule has 0 amide bonds. The Bertz CT molecular complexity index is 738. The lowest BCUT2D eigenvalue weighted by atomic mass is 9.85. The number of allylic oxidation sites excluding steroid dienone is 1. The number of benzene rings is 1. The van der Waals surface area contributed by atoms with Crippen LogP contribution in [0.15, 0.2) is 36.4 Å². The Labute approximate surface area is 172 Å². The van der Waals surface area contributed by atoms with Crippen LogP contribution in [0.4, 0.5) is 0 Å². The quantitative estimate of drug-likeness (QED) is 0.255. The minimum absolute atomic E-state index is 0.0187. The molecule has 5 atom stereocenters. The Morgan fingerprint density at radius 2 is 1.93 bits per heavy atom. The second kappa shape index (κ2) is 9.68. The number of carboxylic acid groups (broad SMARTS) is 1. The topological polar surface area (TPSA) is 87.1 Å². The highest BCUT2D eigenvalue weighted by Gasteiger charge is 2.45. The maximum atomic E-state index is 11.7. The molecule has 2 N–H and O–H groups in total. The largest absolute Gasteiger partial charge is 0.479 e. The van der Waals surface area contributed by atoms with Crippen molar-refractivity contribution in [2.75, 3.05) is 0 Å². The van der Waals surface area contributed by atoms with Crippen molar-refractivity contribution >= 4 is 11.8 Å². The van der Waals surface area contributed by atoms with Crippen molar-refractivity contribution in [3.8, 4) is 0 Å². The molecule has 1 aromatic rings. The number of aliphatic hydroxyl groups excluding tert-OH is 1. The SMILES string of the molecule is C=C1CC[C@H](CCCCc2ccc(C)cc2)[C@H]1C[C@H]1OC1CC(=O)C(O)C(=O)O. The zero-order valence-corrected chi connectivity index (χ0v) is 17.2. The standard InChI is InChI=1S/C24H32O5/c1-15-7-10-17(11-8-15)5-3-4-6-18-12-9-16(2)19(18)13-21-22(29-21)14-20(25)23(26)24(27)28/h7-8,10-11,18-19,21-23,26H,2-6,9,12-14H2,1H3,(H,27,28)/t18-,19-,21+,22?,23?/m0/s1. The summed E-state index contributed by atoms with van der Waals surface area (Å²) in [5.41, 5.74) is 3.96. The maximum Gasteiger partial charge on any atom is 0.340 e. The van der Waals surface area contributed by atoms with Crippen LogP contribution < -0.4 is 0 Å². The van der Waals surface area contributed by atoms with Crippen LogP contribution in [-0.2, 0) is 20.7 Å². The number of rotatable bonds is 11. The van der Waals surface area contributed by atoms with E-state index in [-0.39, 0.29) is 18.6 Å². The molecule has 5 heteroatoms. The molecule has 0 aromatic heterocycles. The minimum atomic E-state index is -1.94. The monoisotopic (exact) mass is 400 g/mol. The Balaban J connectivity index is 1.40. The van der Waals surface area contributed by atoms with E-state index in [0.29, 0.717) is 11.8 Å². The molecule has 5 nitrogen and oxygen atoms in total. The molecule has 2 aliphatic rings. The molecular formula is C24H32O5. The van der Waals surface area contributed by atoms with Gasteiger partial charge in [-0.2, -0.15) is 0 Å². The van der Waals surface area contributed by atoms with Crippen LogP contribution >= 0.6 is 0 Å². The van der Waals surface area contributed by atoms with Crippen LogP contribution in [0.25, 0.3) is 0 Å². The number of unbranched alkanes of at least 4 members (excludes halogenated alkanes) is 1. The molecule has 1 aliphatic carbocycles. The molecular weight excluding hydrogens is 368 g/mol. The van der Waals surface area contributed by atoms with E-state index in [0.717, 1.165) is 19.3 Å². The van der Waals surface area contributed by atoms with Crippen molar-refractivity contribution in [3.63, 3.8) is 0 Å². The molecule has 158 valence electrons. The van der Waals surface area contributed by atoms with Crippen molar-refractivity contribution in [2.45, 2.75) is 76.6 Å². The highest BCUT2D eigenvalue weighted by Crippen LogP contribution is 2.45. The summed E-state index contributed by atoms with van der Waals surface area (Å²) in [4.78, 5) is 22.4. The van der Waals surface area contributed by atoms with Gasteiger partial charge in [-0.1, -0.05) is 48.4 Å². The number of epoxide rings is 1. The number of hydrogen-bond donors (Lipinski definition) is 2. The highest BCUT2D eigenvalue weighted by atomic mass is 16.6. The third-order valence-electron chi connectivity index (χ3n) is 6.46. The Morgan fingerprint density at radius 1 is 1.21 bits per heavy atom. The number of ether oxygens (including phenoxy) is 1. The summed E-state index contributed by atoms with van der Waals surface area (Å²) >= 11 is 0. The van der Waals surface area contributed by atoms with Crippen LogP contribution in [0.3, 0.4) is 0 Å². The molecule has 2 fully saturated rings. The van der Waals surface area contributed by atoms with Gasteiger partial charge in [-0.3, -0.25) is 4.79 Å². The normalized spacial score (nSPS) is 27.0. The molecule has 1 heterocycles. The Kier molecular flexibility index (Phi) is 7.25. The number of carboxylic acids is 1. The van der Waals surface area contributed by atoms with Crippen LogP contribution in [0.2, 0.25) is 0 Å². The van der Waals surface area contributed by atoms with Gasteiger partial charge < -0.3 is 14.9 Å². The second-order valence-corrected chi connectivity index (χ2v) is 8.65. The predicted octanol–water partition coefficient (Wildman–Crippen LogP) is 3.85. The van der Waals surface area contributed by atoms with Gasteiger partial charge in [0, 0.05) is 6.42 Å². The molecule has 0 bridgehead atoms. The van der Waals surface area contributed by atoms with E-state index in [1.807, 2.05) is 0 Å². The predicted molar refractivity (Wildman–Crippen MR) is 111 cm³/mol. The van der Waals surface area contributed by atoms with E-state index in [1.165, 1.54) is 42.4 Å². The summed E-state index contributed by atoms with van der Waals surface area (Å²) in [6.45, 7) is 6.35. The third-order valence-corrected chi connectivity index (χ3v) is 6.46. The number of hydrogen-bond acceptors (Lipinski definition) is 4. The van der Waals surface area contributed by atoms with Crippen molar-refractivity contribution in [1.29, 1.82) is 0 Å². The fourth-order valence-electron chi connectivity index (χ4n) is 4.55. The number of aryl methyl sites for hydroxylation is 2. The fourth-order valence-corrected chi connectivity index (χ4v) is 4.55. The van der Waals surface area contributed by atoms with Crippen LogP contribution in [0.1, 0.15) is 56.1 Å². The Hall–Kier alpha value is -1.98. The van der Waals surface area contributed by atoms with Crippen molar-refractivity contribution in [1.82, 2.24) is 0 Å². The molecule has 2 unspecified atom stereocenters. The van der Waals surface area contributed by atoms with E-state index < -0.39 is 17.9 Å². The summed E-state index contributed by atoms with van der Waals surface area (Å²) in [7, 11) is 0. The van der Waals surface area contributed by atoms with Gasteiger partial charge in [-0.25, -0.2) is 4.79 Å². The van der Waals surface area contributed by atoms with Crippen molar-refractivity contribution in [2.24, 2.45) is 11.8 Å². The van der Waals surface area contributed by atoms with Gasteiger partial charge in [0.2, 0.25) is 6.10 Å². The smallest absolute Gasteiger partial charge is 0.340 e. The first-order chi connectivity index (χ1) is 13.8. The minimum Gasteiger partial charge on any atom is -0.479 e. The number of carbonyl (C=O) groups is 2. The average Bonchev–Trinajstić information content (AvgIpc) is 3.33. The van der Waals surface area contributed by atoms with Gasteiger partial charge in [0.1, 0.15) is 0 Å². The molecule has 1 aliphatic heterocycles. The first-order valence-electron chi connectivity index (χ1n) is 10.7. The zero-order valence-electron chi connectivity index (χ0n) is 17.2. The lowest BCUT2D eigenvalue weighted by molar-refractivity contribution is -0.152. The van der Waals surface area contributed by atoms with Crippen LogP contribution in [0.5, 0.6) is 0 Å². The number of aliphatic hydroxyl groups is 1. The van der Waals surface area contributed by atoms with Crippen molar-refractivity contribution < 1.29 is 24.5 Å². The first-order valence-corrected chi connectivity index (χ1v) is 10.7. The van der Waals surface area contributed by atoms with E-state index >= 15 is 0 Å². The fraction of sp³-hybridized carbons (Fsp3) is 0.583. The van der Waals surface area contributed by atoms with Gasteiger partial charge in [-0.05, 0) is 62.8 Å². The molecule has 1 saturated carbocycles. The van der Waals surface area contributed by atoms with Crippen LogP contribution in [0, 0.1) is 18.8 Å². The third kappa shape index (κ3) is 6.00. The van der Waals surface area contributed by atoms with Crippen molar-refractivity contribution in [3.05, 3.63) is 47.5 Å². The maximum absolute atomic E-state index is 11.7. The lowest BCUT2D eigenvalue weighted by Gasteiger charge is -2.19. The zero-order chi connectivity index (χ0) is 21.0. The molecule has 3 rings (SSSR count). The number of carbonyl (C=O) groups excluding carboxylic acids is 1. The summed E-state index contributed by atoms with van der Waals surface area (Å²) in [6.07, 6.45) is 5.50. The van der Waals surface area contributed by atoms with Gasteiger partial charge in [-0.15, -0.1) is 0 Å². The van der Waals surface area contributed by atoms with E-state index in [4.69, 9.17) is 9.84 Å². The molecule has 1 aromatic carbocycles. The molecule has 0 spiro atoms. The highest BCUT2D eigenvalue weighted by molar-refractivity contribution is 6.01. The van der Waals surface area contributed by atoms with Gasteiger partial charge in [0.25, 0.3) is 0 Å². The van der Waals surface area contributed by atoms with E-state index in [9.17, 15) is 14.7 Å². The summed E-state index contributed by atoms with van der Waals surface area (Å²) in [6, 6.07) is 8.75. The molecule has 0 radical (unpaired) electrons. The van der Waals surface area contributed by atoms with E-state index in [1.54, 1.807) is 0 Å². The number of aliphatic carboxylic acids is 1. The molecule has 29 heavy (non-hydrogen) atoms. The summed E-state index contributed by atoms with van der Waals surface area (Å²) in [5, 5.41) is 18.0. The van der Waals surface area contributed by atoms with Gasteiger partial charge >= 0.3 is 5.97 Å². The summed E-state index contributed by atoms with van der Waals surface area (Å²) in [5.74, 6) is -1.14. The van der Waals surface area contributed by atoms with Crippen LogP contribution in [-0.4, -0.2) is 40.3 Å².